The average molecular weight is 383 g/mol. The zero-order valence-electron chi connectivity index (χ0n) is 13.1. The number of carbonyl (C=O) groups excluding carboxylic acids is 5. The van der Waals surface area contributed by atoms with Gasteiger partial charge in [0.25, 0.3) is 33.7 Å². The minimum Gasteiger partial charge on any atom is -0.330 e. The summed E-state index contributed by atoms with van der Waals surface area (Å²) in [6, 6.07) is 0. The van der Waals surface area contributed by atoms with Gasteiger partial charge in [-0.25, -0.2) is 4.79 Å². The molecule has 131 valence electrons. The van der Waals surface area contributed by atoms with Crippen molar-refractivity contribution in [1.29, 1.82) is 0 Å². The van der Waals surface area contributed by atoms with Crippen molar-refractivity contribution < 1.29 is 41.8 Å². The van der Waals surface area contributed by atoms with Crippen LogP contribution < -0.4 is 0 Å². The monoisotopic (exact) mass is 383 g/mol. The van der Waals surface area contributed by atoms with Crippen molar-refractivity contribution in [1.82, 2.24) is 9.96 Å². The maximum atomic E-state index is 11.6. The summed E-state index contributed by atoms with van der Waals surface area (Å²) in [6.07, 6.45) is 1.03. The van der Waals surface area contributed by atoms with E-state index in [1.54, 1.807) is 0 Å². The van der Waals surface area contributed by atoms with E-state index in [0.29, 0.717) is 0 Å². The molecule has 1 saturated heterocycles. The molecule has 0 aromatic carbocycles. The summed E-state index contributed by atoms with van der Waals surface area (Å²) in [7, 11) is -4.79. The molecule has 0 aromatic heterocycles. The Morgan fingerprint density at radius 2 is 1.76 bits per heavy atom. The van der Waals surface area contributed by atoms with Gasteiger partial charge in [-0.05, 0) is 6.42 Å². The number of rotatable bonds is 6. The molecule has 13 heteroatoms. The van der Waals surface area contributed by atoms with E-state index in [1.165, 1.54) is 0 Å². The molecule has 25 heavy (non-hydrogen) atoms. The van der Waals surface area contributed by atoms with Crippen molar-refractivity contribution in [3.05, 3.63) is 12.2 Å². The summed E-state index contributed by atoms with van der Waals surface area (Å²) in [5.41, 5.74) is 0. The molecule has 2 aliphatic rings. The molecule has 4 amide bonds. The van der Waals surface area contributed by atoms with Crippen LogP contribution in [-0.2, 0) is 38.9 Å². The summed E-state index contributed by atoms with van der Waals surface area (Å²) >= 11 is 0. The molecule has 0 bridgehead atoms. The van der Waals surface area contributed by atoms with Gasteiger partial charge in [-0.3, -0.25) is 28.6 Å². The van der Waals surface area contributed by atoms with E-state index in [0.717, 1.165) is 17.1 Å². The number of hydrogen-bond acceptors (Lipinski definition) is 8. The maximum absolute atomic E-state index is 11.6. The van der Waals surface area contributed by atoms with Crippen molar-refractivity contribution in [2.24, 2.45) is 0 Å². The predicted octanol–water partition coefficient (Wildman–Crippen LogP) is -2.22. The molecule has 0 spiro atoms. The van der Waals surface area contributed by atoms with E-state index in [2.05, 4.69) is 4.84 Å². The fraction of sp³-hybridized carbons (Fsp3) is 0.417. The smallest absolute Gasteiger partial charge is 0.330 e. The van der Waals surface area contributed by atoms with Gasteiger partial charge >= 0.3 is 5.97 Å². The van der Waals surface area contributed by atoms with Crippen LogP contribution in [0.1, 0.15) is 19.3 Å². The molecule has 1 N–H and O–H groups in total. The van der Waals surface area contributed by atoms with Crippen LogP contribution in [0, 0.1) is 0 Å². The fourth-order valence-electron chi connectivity index (χ4n) is 2.09. The largest absolute Gasteiger partial charge is 0.333 e. The molecule has 2 rings (SSSR count). The van der Waals surface area contributed by atoms with Crippen LogP contribution in [0.2, 0.25) is 0 Å². The van der Waals surface area contributed by atoms with E-state index in [9.17, 15) is 32.4 Å². The summed E-state index contributed by atoms with van der Waals surface area (Å²) < 4.78 is 30.7. The number of nitrogens with zero attached hydrogens (tertiary/aromatic N) is 2. The first-order chi connectivity index (χ1) is 11.1. The third-order valence-electron chi connectivity index (χ3n) is 3.28. The molecule has 1 atom stereocenters. The Balaban J connectivity index is 0.00000312. The van der Waals surface area contributed by atoms with E-state index < -0.39 is 51.4 Å². The van der Waals surface area contributed by atoms with Crippen LogP contribution in [0.5, 0.6) is 0 Å². The Labute approximate surface area is 163 Å². The number of carbonyl (C=O) groups is 5. The second-order valence-corrected chi connectivity index (χ2v) is 6.56. The van der Waals surface area contributed by atoms with Crippen LogP contribution in [0.4, 0.5) is 0 Å². The molecule has 11 nitrogen and oxygen atoms in total. The molecular weight excluding hydrogens is 371 g/mol. The van der Waals surface area contributed by atoms with Crippen molar-refractivity contribution in [2.45, 2.75) is 24.5 Å². The zero-order chi connectivity index (χ0) is 18.1. The normalized spacial score (nSPS) is 20.3. The van der Waals surface area contributed by atoms with Gasteiger partial charge in [-0.15, -0.1) is 5.06 Å². The van der Waals surface area contributed by atoms with Gasteiger partial charge < -0.3 is 4.84 Å². The Kier molecular flexibility index (Phi) is 7.02. The van der Waals surface area contributed by atoms with Gasteiger partial charge in [0.15, 0.2) is 5.25 Å². The first-order valence-electron chi connectivity index (χ1n) is 6.68. The Morgan fingerprint density at radius 3 is 2.24 bits per heavy atom. The Bertz CT molecular complexity index is 743. The van der Waals surface area contributed by atoms with E-state index in [-0.39, 0.29) is 54.0 Å². The van der Waals surface area contributed by atoms with E-state index >= 15 is 0 Å². The molecule has 1 radical (unpaired) electrons. The molecule has 0 aliphatic carbocycles. The van der Waals surface area contributed by atoms with Crippen LogP contribution >= 0.6 is 0 Å². The third-order valence-corrected chi connectivity index (χ3v) is 4.37. The van der Waals surface area contributed by atoms with Gasteiger partial charge in [-0.1, -0.05) is 0 Å². The zero-order valence-corrected chi connectivity index (χ0v) is 15.9. The summed E-state index contributed by atoms with van der Waals surface area (Å²) in [6.45, 7) is -0.0602. The van der Waals surface area contributed by atoms with Gasteiger partial charge in [0.2, 0.25) is 0 Å². The van der Waals surface area contributed by atoms with Crippen molar-refractivity contribution in [3.8, 4) is 0 Å². The number of hydrogen-bond donors (Lipinski definition) is 1. The van der Waals surface area contributed by atoms with Crippen LogP contribution in [0.3, 0.4) is 0 Å². The van der Waals surface area contributed by atoms with Crippen molar-refractivity contribution in [3.63, 3.8) is 0 Å². The molecule has 2 aliphatic heterocycles. The summed E-state index contributed by atoms with van der Waals surface area (Å²) in [5.74, 6) is -4.50. The third kappa shape index (κ3) is 4.95. The average Bonchev–Trinajstić information content (AvgIpc) is 2.94. The van der Waals surface area contributed by atoms with Crippen LogP contribution in [-0.4, -0.2) is 93.9 Å². The minimum atomic E-state index is -4.79. The molecular formula is C12H12N2NaO9S. The van der Waals surface area contributed by atoms with Gasteiger partial charge in [0, 0.05) is 54.7 Å². The maximum Gasteiger partial charge on any atom is 0.333 e. The second-order valence-electron chi connectivity index (χ2n) is 4.96. The van der Waals surface area contributed by atoms with Crippen LogP contribution in [0.15, 0.2) is 12.2 Å². The first kappa shape index (κ1) is 21.4. The standard InChI is InChI=1S/C12H12N2O9S.Na/c15-8-3-4-9(16)13(8)5-1-2-11(18)23-14-10(17)6-7(12(14)19)24(20,21)22;/h3-4,7H,1-2,5-6H2,(H,20,21,22);. The summed E-state index contributed by atoms with van der Waals surface area (Å²) in [5, 5.41) is -2.00. The van der Waals surface area contributed by atoms with Crippen LogP contribution in [0.25, 0.3) is 0 Å². The molecule has 0 saturated carbocycles. The van der Waals surface area contributed by atoms with E-state index in [1.807, 2.05) is 0 Å². The minimum absolute atomic E-state index is 0. The van der Waals surface area contributed by atoms with E-state index in [4.69, 9.17) is 4.55 Å². The predicted molar refractivity (Wildman–Crippen MR) is 78.7 cm³/mol. The fourth-order valence-corrected chi connectivity index (χ4v) is 2.80. The quantitative estimate of drug-likeness (QED) is 0.305. The second kappa shape index (κ2) is 8.19. The molecule has 2 heterocycles. The SMILES string of the molecule is O=C(CCCN1C(=O)C=CC1=O)ON1C(=O)CC(S(=O)(=O)O)C1=O.[Na]. The Morgan fingerprint density at radius 1 is 1.20 bits per heavy atom. The molecule has 1 unspecified atom stereocenters. The van der Waals surface area contributed by atoms with Gasteiger partial charge in [0.1, 0.15) is 0 Å². The number of amides is 4. The molecule has 1 fully saturated rings. The topological polar surface area (TPSA) is 155 Å². The van der Waals surface area contributed by atoms with Crippen molar-refractivity contribution >= 4 is 69.3 Å². The van der Waals surface area contributed by atoms with Gasteiger partial charge in [0.05, 0.1) is 6.42 Å². The number of imide groups is 2. The van der Waals surface area contributed by atoms with Crippen molar-refractivity contribution in [2.75, 3.05) is 6.54 Å². The summed E-state index contributed by atoms with van der Waals surface area (Å²) in [4.78, 5) is 62.7. The molecule has 0 aromatic rings. The first-order valence-corrected chi connectivity index (χ1v) is 8.19. The Hall–Kier alpha value is -1.60. The number of hydroxylamine groups is 2. The van der Waals surface area contributed by atoms with Gasteiger partial charge in [-0.2, -0.15) is 8.42 Å².